The minimum absolute atomic E-state index is 0.276. The number of benzene rings is 2. The molecule has 9 nitrogen and oxygen atoms in total. The molecule has 0 radical (unpaired) electrons. The Labute approximate surface area is 211 Å². The van der Waals surface area contributed by atoms with Crippen LogP contribution in [0.5, 0.6) is 11.6 Å². The van der Waals surface area contributed by atoms with Crippen LogP contribution in [0, 0.1) is 0 Å². The van der Waals surface area contributed by atoms with Crippen molar-refractivity contribution >= 4 is 5.97 Å². The molecule has 0 bridgehead atoms. The van der Waals surface area contributed by atoms with Crippen molar-refractivity contribution in [2.45, 2.75) is 6.92 Å². The van der Waals surface area contributed by atoms with E-state index in [9.17, 15) is 4.79 Å². The van der Waals surface area contributed by atoms with E-state index in [2.05, 4.69) is 10.00 Å². The van der Waals surface area contributed by atoms with E-state index in [1.54, 1.807) is 18.7 Å². The van der Waals surface area contributed by atoms with Gasteiger partial charge in [0.2, 0.25) is 5.88 Å². The first kappa shape index (κ1) is 25.7. The summed E-state index contributed by atoms with van der Waals surface area (Å²) in [6, 6.07) is 15.8. The van der Waals surface area contributed by atoms with Gasteiger partial charge in [0.25, 0.3) is 0 Å². The number of para-hydroxylation sites is 1. The fraction of sp³-hybridized carbons (Fsp3) is 0.407. The number of aromatic nitrogens is 2. The van der Waals surface area contributed by atoms with Gasteiger partial charge in [-0.25, -0.2) is 9.48 Å². The molecule has 192 valence electrons. The number of nitrogens with zero attached hydrogens (tertiary/aromatic N) is 3. The summed E-state index contributed by atoms with van der Waals surface area (Å²) in [6.45, 7) is 7.37. The predicted molar refractivity (Wildman–Crippen MR) is 135 cm³/mol. The number of esters is 1. The summed E-state index contributed by atoms with van der Waals surface area (Å²) in [4.78, 5) is 14.8. The van der Waals surface area contributed by atoms with Gasteiger partial charge in [0.1, 0.15) is 24.5 Å². The molecule has 1 aromatic heterocycles. The summed E-state index contributed by atoms with van der Waals surface area (Å²) in [5.41, 5.74) is 3.06. The second-order valence-corrected chi connectivity index (χ2v) is 8.18. The Morgan fingerprint density at radius 2 is 1.78 bits per heavy atom. The van der Waals surface area contributed by atoms with Crippen molar-refractivity contribution in [3.8, 4) is 28.4 Å². The largest absolute Gasteiger partial charge is 0.491 e. The Morgan fingerprint density at radius 3 is 2.53 bits per heavy atom. The van der Waals surface area contributed by atoms with Crippen LogP contribution in [0.25, 0.3) is 16.8 Å². The van der Waals surface area contributed by atoms with E-state index in [1.807, 2.05) is 48.5 Å². The highest BCUT2D eigenvalue weighted by Gasteiger charge is 2.22. The fourth-order valence-electron chi connectivity index (χ4n) is 3.95. The number of hydrogen-bond donors (Lipinski definition) is 0. The van der Waals surface area contributed by atoms with Gasteiger partial charge in [0.05, 0.1) is 38.3 Å². The second kappa shape index (κ2) is 13.1. The Balaban J connectivity index is 1.54. The third kappa shape index (κ3) is 6.42. The highest BCUT2D eigenvalue weighted by atomic mass is 16.5. The van der Waals surface area contributed by atoms with Gasteiger partial charge in [-0.3, -0.25) is 4.90 Å². The van der Waals surface area contributed by atoms with Crippen molar-refractivity contribution in [2.75, 3.05) is 66.4 Å². The lowest BCUT2D eigenvalue weighted by Gasteiger charge is -2.26. The zero-order valence-corrected chi connectivity index (χ0v) is 20.9. The molecule has 3 aromatic rings. The molecule has 2 heterocycles. The van der Waals surface area contributed by atoms with Crippen molar-refractivity contribution in [1.29, 1.82) is 0 Å². The summed E-state index contributed by atoms with van der Waals surface area (Å²) in [6.07, 6.45) is 1.49. The zero-order valence-electron chi connectivity index (χ0n) is 20.9. The quantitative estimate of drug-likeness (QED) is 0.279. The maximum Gasteiger partial charge on any atom is 0.345 e. The first-order chi connectivity index (χ1) is 17.7. The predicted octanol–water partition coefficient (Wildman–Crippen LogP) is 3.45. The van der Waals surface area contributed by atoms with Crippen LogP contribution in [0.4, 0.5) is 0 Å². The summed E-state index contributed by atoms with van der Waals surface area (Å²) >= 11 is 0. The maximum atomic E-state index is 12.6. The topological polar surface area (TPSA) is 84.3 Å². The molecule has 1 fully saturated rings. The van der Waals surface area contributed by atoms with Crippen molar-refractivity contribution < 1.29 is 28.5 Å². The first-order valence-electron chi connectivity index (χ1n) is 12.2. The van der Waals surface area contributed by atoms with Crippen molar-refractivity contribution in [3.05, 3.63) is 60.3 Å². The molecule has 0 N–H and O–H groups in total. The number of ether oxygens (including phenoxy) is 5. The number of hydrogen-bond acceptors (Lipinski definition) is 8. The minimum atomic E-state index is -0.455. The number of carbonyl (C=O) groups excluding carboxylic acids is 1. The summed E-state index contributed by atoms with van der Waals surface area (Å²) in [7, 11) is 1.65. The minimum Gasteiger partial charge on any atom is -0.491 e. The normalized spacial score (nSPS) is 13.9. The van der Waals surface area contributed by atoms with Crippen LogP contribution < -0.4 is 9.47 Å². The Morgan fingerprint density at radius 1 is 1.00 bits per heavy atom. The molecule has 0 atom stereocenters. The summed E-state index contributed by atoms with van der Waals surface area (Å²) in [5, 5.41) is 4.44. The van der Waals surface area contributed by atoms with Gasteiger partial charge in [-0.05, 0) is 30.7 Å². The van der Waals surface area contributed by atoms with Crippen LogP contribution in [-0.4, -0.2) is 87.0 Å². The molecule has 0 spiro atoms. The molecule has 2 aromatic carbocycles. The van der Waals surface area contributed by atoms with E-state index < -0.39 is 5.97 Å². The lowest BCUT2D eigenvalue weighted by Crippen LogP contribution is -2.38. The number of rotatable bonds is 12. The molecule has 0 aliphatic carbocycles. The molecule has 4 rings (SSSR count). The third-order valence-electron chi connectivity index (χ3n) is 5.83. The Bertz CT molecular complexity index is 1110. The highest BCUT2D eigenvalue weighted by Crippen LogP contribution is 2.31. The maximum absolute atomic E-state index is 12.6. The van der Waals surface area contributed by atoms with Gasteiger partial charge in [0, 0.05) is 32.3 Å². The van der Waals surface area contributed by atoms with Gasteiger partial charge in [-0.1, -0.05) is 30.3 Å². The van der Waals surface area contributed by atoms with E-state index in [-0.39, 0.29) is 6.61 Å². The van der Waals surface area contributed by atoms with Gasteiger partial charge < -0.3 is 23.7 Å². The van der Waals surface area contributed by atoms with Crippen LogP contribution in [0.2, 0.25) is 0 Å². The smallest absolute Gasteiger partial charge is 0.345 e. The van der Waals surface area contributed by atoms with Crippen molar-refractivity contribution in [3.63, 3.8) is 0 Å². The Kier molecular flexibility index (Phi) is 9.32. The van der Waals surface area contributed by atoms with E-state index in [0.29, 0.717) is 31.3 Å². The molecule has 1 saturated heterocycles. The van der Waals surface area contributed by atoms with Crippen molar-refractivity contribution in [1.82, 2.24) is 14.7 Å². The summed E-state index contributed by atoms with van der Waals surface area (Å²) in [5.74, 6) is 0.708. The van der Waals surface area contributed by atoms with E-state index in [1.165, 1.54) is 6.20 Å². The van der Waals surface area contributed by atoms with Gasteiger partial charge >= 0.3 is 5.97 Å². The van der Waals surface area contributed by atoms with Crippen LogP contribution >= 0.6 is 0 Å². The van der Waals surface area contributed by atoms with Crippen molar-refractivity contribution in [2.24, 2.45) is 0 Å². The molecule has 9 heteroatoms. The number of morpholine rings is 1. The lowest BCUT2D eigenvalue weighted by atomic mass is 10.0. The average Bonchev–Trinajstić information content (AvgIpc) is 3.34. The molecule has 0 amide bonds. The molecule has 0 unspecified atom stereocenters. The molecule has 1 aliphatic rings. The summed E-state index contributed by atoms with van der Waals surface area (Å²) < 4.78 is 29.4. The lowest BCUT2D eigenvalue weighted by molar-refractivity contribution is 0.0316. The monoisotopic (exact) mass is 495 g/mol. The van der Waals surface area contributed by atoms with E-state index >= 15 is 0 Å². The first-order valence-corrected chi connectivity index (χ1v) is 12.2. The standard InChI is InChI=1S/C27H33N3O6/c1-3-34-27(31)24-20-28-30(26(24)36-17-14-29-12-15-33-16-13-29)22-10-8-21(9-11-22)23-6-4-5-7-25(23)35-19-18-32-2/h4-11,20H,3,12-19H2,1-2H3. The molecule has 36 heavy (non-hydrogen) atoms. The van der Waals surface area contributed by atoms with E-state index in [0.717, 1.165) is 55.4 Å². The van der Waals surface area contributed by atoms with Crippen LogP contribution in [0.1, 0.15) is 17.3 Å². The number of carbonyl (C=O) groups is 1. The highest BCUT2D eigenvalue weighted by molar-refractivity contribution is 5.92. The average molecular weight is 496 g/mol. The fourth-order valence-corrected chi connectivity index (χ4v) is 3.95. The second-order valence-electron chi connectivity index (χ2n) is 8.18. The third-order valence-corrected chi connectivity index (χ3v) is 5.83. The molecular formula is C27H33N3O6. The van der Waals surface area contributed by atoms with Crippen LogP contribution in [0.15, 0.2) is 54.7 Å². The zero-order chi connectivity index (χ0) is 25.2. The van der Waals surface area contributed by atoms with Gasteiger partial charge in [-0.2, -0.15) is 5.10 Å². The Hall–Kier alpha value is -3.40. The van der Waals surface area contributed by atoms with Crippen LogP contribution in [0.3, 0.4) is 0 Å². The van der Waals surface area contributed by atoms with E-state index in [4.69, 9.17) is 23.7 Å². The van der Waals surface area contributed by atoms with Crippen LogP contribution in [-0.2, 0) is 14.2 Å². The van der Waals surface area contributed by atoms with Gasteiger partial charge in [-0.15, -0.1) is 0 Å². The van der Waals surface area contributed by atoms with Gasteiger partial charge in [0.15, 0.2) is 0 Å². The molecular weight excluding hydrogens is 462 g/mol. The number of methoxy groups -OCH3 is 1. The molecule has 0 saturated carbocycles. The SMILES string of the molecule is CCOC(=O)c1cnn(-c2ccc(-c3ccccc3OCCOC)cc2)c1OCCN1CCOCC1. The molecule has 1 aliphatic heterocycles.